The largest absolute Gasteiger partial charge is 0.456 e. The summed E-state index contributed by atoms with van der Waals surface area (Å²) in [5.74, 6) is -0.380. The van der Waals surface area contributed by atoms with Gasteiger partial charge in [0.15, 0.2) is 0 Å². The molecule has 5 heteroatoms. The highest BCUT2D eigenvalue weighted by molar-refractivity contribution is 5.70. The van der Waals surface area contributed by atoms with Gasteiger partial charge in [-0.15, -0.1) is 0 Å². The predicted octanol–water partition coefficient (Wildman–Crippen LogP) is 0.603. The van der Waals surface area contributed by atoms with Crippen molar-refractivity contribution in [2.45, 2.75) is 26.0 Å². The highest BCUT2D eigenvalue weighted by Gasteiger charge is 2.30. The Hall–Kier alpha value is -1.52. The molecule has 0 unspecified atom stereocenters. The van der Waals surface area contributed by atoms with Crippen molar-refractivity contribution < 1.29 is 19.1 Å². The second kappa shape index (κ2) is 4.64. The van der Waals surface area contributed by atoms with Crippen molar-refractivity contribution in [1.29, 1.82) is 0 Å². The number of cyclic esters (lactones) is 1. The minimum Gasteiger partial charge on any atom is -0.456 e. The Morgan fingerprint density at radius 3 is 2.93 bits per heavy atom. The lowest BCUT2D eigenvalue weighted by Crippen LogP contribution is -2.39. The van der Waals surface area contributed by atoms with Crippen molar-refractivity contribution in [3.05, 3.63) is 12.2 Å². The Balaban J connectivity index is 2.58. The van der Waals surface area contributed by atoms with Gasteiger partial charge in [0.25, 0.3) is 0 Å². The summed E-state index contributed by atoms with van der Waals surface area (Å²) in [5, 5.41) is 2.55. The van der Waals surface area contributed by atoms with E-state index in [2.05, 4.69) is 5.32 Å². The van der Waals surface area contributed by atoms with Gasteiger partial charge in [-0.2, -0.15) is 0 Å². The molecule has 2 atom stereocenters. The SMILES string of the molecule is C/C=C/[C@H](OC(C)=O)[C@H]1COC(=O)N1. The molecule has 14 heavy (non-hydrogen) atoms. The number of allylic oxidation sites excluding steroid dienone is 1. The van der Waals surface area contributed by atoms with Gasteiger partial charge < -0.3 is 14.8 Å². The number of amides is 1. The van der Waals surface area contributed by atoms with E-state index in [1.54, 1.807) is 12.2 Å². The molecule has 1 amide bonds. The fraction of sp³-hybridized carbons (Fsp3) is 0.556. The summed E-state index contributed by atoms with van der Waals surface area (Å²) in [6, 6.07) is -0.289. The lowest BCUT2D eigenvalue weighted by Gasteiger charge is -2.17. The molecule has 1 aliphatic rings. The molecule has 0 aliphatic carbocycles. The molecule has 0 aromatic rings. The Labute approximate surface area is 82.1 Å². The number of ether oxygens (including phenoxy) is 2. The topological polar surface area (TPSA) is 64.6 Å². The summed E-state index contributed by atoms with van der Waals surface area (Å²) in [7, 11) is 0. The first-order chi connectivity index (χ1) is 6.63. The van der Waals surface area contributed by atoms with Crippen LogP contribution in [0.1, 0.15) is 13.8 Å². The van der Waals surface area contributed by atoms with Gasteiger partial charge in [-0.25, -0.2) is 4.79 Å². The summed E-state index contributed by atoms with van der Waals surface area (Å²) in [6.07, 6.45) is 2.54. The number of hydrogen-bond acceptors (Lipinski definition) is 4. The van der Waals surface area contributed by atoms with E-state index in [-0.39, 0.29) is 18.6 Å². The Morgan fingerprint density at radius 1 is 1.79 bits per heavy atom. The van der Waals surface area contributed by atoms with Crippen LogP contribution in [0.4, 0.5) is 4.79 Å². The van der Waals surface area contributed by atoms with Crippen LogP contribution in [-0.4, -0.2) is 30.8 Å². The monoisotopic (exact) mass is 199 g/mol. The standard InChI is InChI=1S/C9H13NO4/c1-3-4-8(14-6(2)11)7-5-13-9(12)10-7/h3-4,7-8H,5H2,1-2H3,(H,10,12)/b4-3+/t7-,8+/m1/s1. The molecule has 5 nitrogen and oxygen atoms in total. The first-order valence-corrected chi connectivity index (χ1v) is 4.37. The van der Waals surface area contributed by atoms with Gasteiger partial charge in [-0.3, -0.25) is 4.79 Å². The maximum Gasteiger partial charge on any atom is 0.407 e. The molecule has 1 N–H and O–H groups in total. The molecule has 1 heterocycles. The number of rotatable bonds is 3. The molecule has 78 valence electrons. The molecule has 1 fully saturated rings. The number of esters is 1. The van der Waals surface area contributed by atoms with Gasteiger partial charge in [-0.1, -0.05) is 6.08 Å². The molecule has 1 saturated heterocycles. The number of carbonyl (C=O) groups is 2. The average molecular weight is 199 g/mol. The van der Waals surface area contributed by atoms with E-state index < -0.39 is 12.2 Å². The number of nitrogens with one attached hydrogen (secondary N) is 1. The highest BCUT2D eigenvalue weighted by Crippen LogP contribution is 2.08. The van der Waals surface area contributed by atoms with Crippen molar-refractivity contribution in [2.75, 3.05) is 6.61 Å². The molecular formula is C9H13NO4. The molecule has 0 saturated carbocycles. The number of hydrogen-bond donors (Lipinski definition) is 1. The van der Waals surface area contributed by atoms with Crippen molar-refractivity contribution in [1.82, 2.24) is 5.32 Å². The van der Waals surface area contributed by atoms with E-state index in [1.165, 1.54) is 6.92 Å². The molecular weight excluding hydrogens is 186 g/mol. The second-order valence-electron chi connectivity index (χ2n) is 2.95. The zero-order chi connectivity index (χ0) is 10.6. The zero-order valence-corrected chi connectivity index (χ0v) is 8.15. The normalized spacial score (nSPS) is 23.0. The maximum absolute atomic E-state index is 10.8. The Morgan fingerprint density at radius 2 is 2.50 bits per heavy atom. The minimum atomic E-state index is -0.475. The number of alkyl carbamates (subject to hydrolysis) is 1. The van der Waals surface area contributed by atoms with E-state index in [1.807, 2.05) is 6.92 Å². The molecule has 1 aliphatic heterocycles. The van der Waals surface area contributed by atoms with Crippen molar-refractivity contribution >= 4 is 12.1 Å². The van der Waals surface area contributed by atoms with Crippen LogP contribution in [-0.2, 0) is 14.3 Å². The summed E-state index contributed by atoms with van der Waals surface area (Å²) < 4.78 is 9.70. The van der Waals surface area contributed by atoms with Crippen LogP contribution >= 0.6 is 0 Å². The second-order valence-corrected chi connectivity index (χ2v) is 2.95. The van der Waals surface area contributed by atoms with E-state index in [9.17, 15) is 9.59 Å². The molecule has 0 aromatic heterocycles. The third kappa shape index (κ3) is 2.76. The Kier molecular flexibility index (Phi) is 3.50. The average Bonchev–Trinajstić information content (AvgIpc) is 2.50. The zero-order valence-electron chi connectivity index (χ0n) is 8.15. The van der Waals surface area contributed by atoms with Gasteiger partial charge in [0, 0.05) is 6.92 Å². The first-order valence-electron chi connectivity index (χ1n) is 4.37. The van der Waals surface area contributed by atoms with Crippen molar-refractivity contribution in [3.8, 4) is 0 Å². The minimum absolute atomic E-state index is 0.223. The fourth-order valence-electron chi connectivity index (χ4n) is 1.21. The lowest BCUT2D eigenvalue weighted by molar-refractivity contribution is -0.145. The van der Waals surface area contributed by atoms with E-state index >= 15 is 0 Å². The van der Waals surface area contributed by atoms with Crippen molar-refractivity contribution in [2.24, 2.45) is 0 Å². The van der Waals surface area contributed by atoms with Crippen molar-refractivity contribution in [3.63, 3.8) is 0 Å². The summed E-state index contributed by atoms with van der Waals surface area (Å²) in [5.41, 5.74) is 0. The highest BCUT2D eigenvalue weighted by atomic mass is 16.6. The fourth-order valence-corrected chi connectivity index (χ4v) is 1.21. The van der Waals surface area contributed by atoms with Gasteiger partial charge in [-0.05, 0) is 13.0 Å². The third-order valence-electron chi connectivity index (χ3n) is 1.78. The first kappa shape index (κ1) is 10.6. The number of carbonyl (C=O) groups excluding carboxylic acids is 2. The van der Waals surface area contributed by atoms with Crippen LogP contribution in [0.2, 0.25) is 0 Å². The quantitative estimate of drug-likeness (QED) is 0.534. The van der Waals surface area contributed by atoms with Gasteiger partial charge in [0.05, 0.1) is 0 Å². The molecule has 0 aromatic carbocycles. The predicted molar refractivity (Wildman–Crippen MR) is 48.6 cm³/mol. The summed E-state index contributed by atoms with van der Waals surface area (Å²) in [4.78, 5) is 21.5. The van der Waals surface area contributed by atoms with Gasteiger partial charge in [0.1, 0.15) is 18.8 Å². The van der Waals surface area contributed by atoms with Crippen LogP contribution in [0, 0.1) is 0 Å². The van der Waals surface area contributed by atoms with E-state index in [0.717, 1.165) is 0 Å². The van der Waals surface area contributed by atoms with Crippen LogP contribution in [0.5, 0.6) is 0 Å². The van der Waals surface area contributed by atoms with E-state index in [0.29, 0.717) is 0 Å². The summed E-state index contributed by atoms with van der Waals surface area (Å²) in [6.45, 7) is 3.36. The lowest BCUT2D eigenvalue weighted by atomic mass is 10.1. The van der Waals surface area contributed by atoms with E-state index in [4.69, 9.17) is 9.47 Å². The smallest absolute Gasteiger partial charge is 0.407 e. The molecule has 0 bridgehead atoms. The van der Waals surface area contributed by atoms with Crippen LogP contribution in [0.25, 0.3) is 0 Å². The molecule has 0 spiro atoms. The maximum atomic E-state index is 10.8. The van der Waals surface area contributed by atoms with Crippen LogP contribution in [0.3, 0.4) is 0 Å². The third-order valence-corrected chi connectivity index (χ3v) is 1.78. The van der Waals surface area contributed by atoms with Crippen LogP contribution in [0.15, 0.2) is 12.2 Å². The Bertz CT molecular complexity index is 262. The van der Waals surface area contributed by atoms with Crippen LogP contribution < -0.4 is 5.32 Å². The molecule has 0 radical (unpaired) electrons. The van der Waals surface area contributed by atoms with Gasteiger partial charge >= 0.3 is 12.1 Å². The molecule has 1 rings (SSSR count). The summed E-state index contributed by atoms with van der Waals surface area (Å²) >= 11 is 0. The van der Waals surface area contributed by atoms with Gasteiger partial charge in [0.2, 0.25) is 0 Å².